The fraction of sp³-hybridized carbons (Fsp3) is 0.409. The van der Waals surface area contributed by atoms with Gasteiger partial charge >= 0.3 is 6.18 Å². The highest BCUT2D eigenvalue weighted by Crippen LogP contribution is 2.35. The van der Waals surface area contributed by atoms with Crippen LogP contribution in [0, 0.1) is 19.4 Å². The molecule has 3 aromatic rings. The van der Waals surface area contributed by atoms with E-state index in [0.717, 1.165) is 23.2 Å². The zero-order valence-electron chi connectivity index (χ0n) is 16.8. The molecule has 2 heterocycles. The molecule has 1 aromatic carbocycles. The van der Waals surface area contributed by atoms with E-state index in [1.54, 1.807) is 6.33 Å². The second-order valence-electron chi connectivity index (χ2n) is 7.91. The van der Waals surface area contributed by atoms with Gasteiger partial charge in [-0.05, 0) is 50.3 Å². The molecule has 1 fully saturated rings. The SMILES string of the molecule is [C-]#[N+]c1nc(N[C@H](C)C2CCC2)c2c(ncn2Cc2ccc(C(F)(F)F)cc2)c1C. The first-order valence-corrected chi connectivity index (χ1v) is 9.93. The molecule has 0 radical (unpaired) electrons. The monoisotopic (exact) mass is 413 g/mol. The first-order chi connectivity index (χ1) is 14.3. The van der Waals surface area contributed by atoms with Gasteiger partial charge in [0.2, 0.25) is 5.82 Å². The fourth-order valence-electron chi connectivity index (χ4n) is 3.85. The number of benzene rings is 1. The molecule has 1 aliphatic rings. The molecule has 8 heteroatoms. The van der Waals surface area contributed by atoms with E-state index >= 15 is 0 Å². The van der Waals surface area contributed by atoms with Crippen LogP contribution in [0.5, 0.6) is 0 Å². The Labute approximate surface area is 172 Å². The average molecular weight is 413 g/mol. The van der Waals surface area contributed by atoms with Crippen molar-refractivity contribution in [2.45, 2.75) is 51.9 Å². The number of nitrogens with one attached hydrogen (secondary N) is 1. The minimum absolute atomic E-state index is 0.213. The van der Waals surface area contributed by atoms with E-state index in [2.05, 4.69) is 27.1 Å². The second kappa shape index (κ2) is 7.63. The third kappa shape index (κ3) is 3.72. The predicted molar refractivity (Wildman–Crippen MR) is 109 cm³/mol. The van der Waals surface area contributed by atoms with Crippen LogP contribution in [0.1, 0.15) is 42.9 Å². The van der Waals surface area contributed by atoms with E-state index in [0.29, 0.717) is 35.2 Å². The number of pyridine rings is 1. The number of hydrogen-bond acceptors (Lipinski definition) is 3. The number of aryl methyl sites for hydroxylation is 1. The van der Waals surface area contributed by atoms with Crippen LogP contribution in [0.15, 0.2) is 30.6 Å². The highest BCUT2D eigenvalue weighted by atomic mass is 19.4. The molecule has 0 amide bonds. The normalized spacial score (nSPS) is 15.6. The molecule has 30 heavy (non-hydrogen) atoms. The first-order valence-electron chi connectivity index (χ1n) is 9.93. The van der Waals surface area contributed by atoms with Crippen molar-refractivity contribution in [2.24, 2.45) is 5.92 Å². The van der Waals surface area contributed by atoms with Gasteiger partial charge in [0.25, 0.3) is 5.82 Å². The summed E-state index contributed by atoms with van der Waals surface area (Å²) in [6.45, 7) is 11.7. The Morgan fingerprint density at radius 2 is 1.97 bits per heavy atom. The number of aromatic nitrogens is 3. The van der Waals surface area contributed by atoms with Crippen molar-refractivity contribution in [1.82, 2.24) is 14.5 Å². The molecule has 1 N–H and O–H groups in total. The lowest BCUT2D eigenvalue weighted by molar-refractivity contribution is -0.137. The Kier molecular flexibility index (Phi) is 5.14. The highest BCUT2D eigenvalue weighted by Gasteiger charge is 2.30. The number of hydrogen-bond donors (Lipinski definition) is 1. The number of imidazole rings is 1. The maximum absolute atomic E-state index is 12.8. The molecule has 0 bridgehead atoms. The van der Waals surface area contributed by atoms with Crippen LogP contribution in [0.4, 0.5) is 24.8 Å². The van der Waals surface area contributed by atoms with Crippen molar-refractivity contribution >= 4 is 22.7 Å². The molecule has 0 aliphatic heterocycles. The quantitative estimate of drug-likeness (QED) is 0.525. The predicted octanol–water partition coefficient (Wildman–Crippen LogP) is 5.96. The van der Waals surface area contributed by atoms with Crippen LogP contribution < -0.4 is 5.32 Å². The lowest BCUT2D eigenvalue weighted by atomic mass is 9.80. The number of nitrogens with zero attached hydrogens (tertiary/aromatic N) is 4. The highest BCUT2D eigenvalue weighted by molar-refractivity contribution is 5.92. The summed E-state index contributed by atoms with van der Waals surface area (Å²) in [7, 11) is 0. The summed E-state index contributed by atoms with van der Waals surface area (Å²) in [5.41, 5.74) is 2.22. The van der Waals surface area contributed by atoms with E-state index in [1.165, 1.54) is 31.4 Å². The Balaban J connectivity index is 1.71. The van der Waals surface area contributed by atoms with Crippen LogP contribution in [0.25, 0.3) is 15.9 Å². The Bertz CT molecular complexity index is 1100. The van der Waals surface area contributed by atoms with Gasteiger partial charge in [-0.3, -0.25) is 0 Å². The number of fused-ring (bicyclic) bond motifs is 1. The number of anilines is 1. The summed E-state index contributed by atoms with van der Waals surface area (Å²) in [5, 5.41) is 3.47. The molecule has 2 aromatic heterocycles. The van der Waals surface area contributed by atoms with Crippen LogP contribution in [0.3, 0.4) is 0 Å². The van der Waals surface area contributed by atoms with Crippen molar-refractivity contribution in [3.8, 4) is 0 Å². The van der Waals surface area contributed by atoms with Crippen molar-refractivity contribution < 1.29 is 13.2 Å². The smallest absolute Gasteiger partial charge is 0.360 e. The van der Waals surface area contributed by atoms with Gasteiger partial charge in [0, 0.05) is 18.2 Å². The van der Waals surface area contributed by atoms with E-state index in [4.69, 9.17) is 6.57 Å². The van der Waals surface area contributed by atoms with Gasteiger partial charge in [-0.1, -0.05) is 30.1 Å². The number of rotatable bonds is 5. The van der Waals surface area contributed by atoms with Crippen LogP contribution in [-0.2, 0) is 12.7 Å². The minimum atomic E-state index is -4.35. The summed E-state index contributed by atoms with van der Waals surface area (Å²) < 4.78 is 40.4. The van der Waals surface area contributed by atoms with Crippen LogP contribution in [0.2, 0.25) is 0 Å². The summed E-state index contributed by atoms with van der Waals surface area (Å²) in [5.74, 6) is 1.49. The van der Waals surface area contributed by atoms with Crippen molar-refractivity contribution in [3.63, 3.8) is 0 Å². The maximum Gasteiger partial charge on any atom is 0.416 e. The molecule has 0 saturated heterocycles. The van der Waals surface area contributed by atoms with Crippen molar-refractivity contribution in [1.29, 1.82) is 0 Å². The van der Waals surface area contributed by atoms with E-state index in [-0.39, 0.29) is 6.04 Å². The fourth-order valence-corrected chi connectivity index (χ4v) is 3.85. The maximum atomic E-state index is 12.8. The Morgan fingerprint density at radius 3 is 2.53 bits per heavy atom. The largest absolute Gasteiger partial charge is 0.416 e. The zero-order valence-corrected chi connectivity index (χ0v) is 16.8. The van der Waals surface area contributed by atoms with Gasteiger partial charge in [0.15, 0.2) is 0 Å². The topological polar surface area (TPSA) is 47.1 Å². The van der Waals surface area contributed by atoms with E-state index in [9.17, 15) is 13.2 Å². The van der Waals surface area contributed by atoms with Gasteiger partial charge in [-0.15, -0.1) is 0 Å². The standard InChI is InChI=1S/C22H22F3N5/c1-13-18-19(21(29-20(13)26-3)28-14(2)16-5-4-6-16)30(12-27-18)11-15-7-9-17(10-8-15)22(23,24)25/h7-10,12,14,16H,4-6,11H2,1-2H3,(H,28,29)/t14-/m1/s1. The first kappa shape index (κ1) is 20.2. The number of halogens is 3. The Morgan fingerprint density at radius 1 is 1.27 bits per heavy atom. The summed E-state index contributed by atoms with van der Waals surface area (Å²) in [4.78, 5) is 12.6. The summed E-state index contributed by atoms with van der Waals surface area (Å²) >= 11 is 0. The van der Waals surface area contributed by atoms with E-state index < -0.39 is 11.7 Å². The van der Waals surface area contributed by atoms with Crippen molar-refractivity contribution in [3.05, 3.63) is 58.7 Å². The lowest BCUT2D eigenvalue weighted by Crippen LogP contribution is -2.31. The average Bonchev–Trinajstić information content (AvgIpc) is 3.06. The molecule has 1 aliphatic carbocycles. The third-order valence-corrected chi connectivity index (χ3v) is 5.93. The number of alkyl halides is 3. The van der Waals surface area contributed by atoms with Gasteiger partial charge in [-0.2, -0.15) is 13.2 Å². The molecule has 1 saturated carbocycles. The molecule has 0 unspecified atom stereocenters. The minimum Gasteiger partial charge on any atom is -0.360 e. The molecule has 4 rings (SSSR count). The molecular formula is C22H22F3N5. The van der Waals surface area contributed by atoms with Gasteiger partial charge in [-0.25, -0.2) is 4.98 Å². The second-order valence-corrected chi connectivity index (χ2v) is 7.91. The molecule has 1 atom stereocenters. The zero-order chi connectivity index (χ0) is 21.5. The van der Waals surface area contributed by atoms with Crippen LogP contribution >= 0.6 is 0 Å². The van der Waals surface area contributed by atoms with Gasteiger partial charge in [0.05, 0.1) is 17.4 Å². The van der Waals surface area contributed by atoms with Crippen LogP contribution in [-0.4, -0.2) is 20.6 Å². The third-order valence-electron chi connectivity index (χ3n) is 5.93. The molecule has 5 nitrogen and oxygen atoms in total. The van der Waals surface area contributed by atoms with E-state index in [1.807, 2.05) is 11.5 Å². The van der Waals surface area contributed by atoms with Crippen molar-refractivity contribution in [2.75, 3.05) is 5.32 Å². The molecule has 0 spiro atoms. The van der Waals surface area contributed by atoms with Gasteiger partial charge in [0.1, 0.15) is 5.52 Å². The molecule has 156 valence electrons. The lowest BCUT2D eigenvalue weighted by Gasteiger charge is -2.31. The summed E-state index contributed by atoms with van der Waals surface area (Å²) in [6, 6.07) is 5.35. The Hall–Kier alpha value is -3.08. The molecular weight excluding hydrogens is 391 g/mol. The summed E-state index contributed by atoms with van der Waals surface area (Å²) in [6.07, 6.45) is 0.871. The van der Waals surface area contributed by atoms with Gasteiger partial charge < -0.3 is 14.7 Å².